The van der Waals surface area contributed by atoms with Gasteiger partial charge >= 0.3 is 18.1 Å². The maximum absolute atomic E-state index is 13.4. The van der Waals surface area contributed by atoms with Gasteiger partial charge in [0.25, 0.3) is 11.5 Å². The number of carbonyl (C=O) groups is 2. The molecule has 0 saturated carbocycles. The number of hydrogen-bond donors (Lipinski definition) is 0. The zero-order valence-corrected chi connectivity index (χ0v) is 13.8. The Kier molecular flexibility index (Phi) is 5.42. The third kappa shape index (κ3) is 4.02. The van der Waals surface area contributed by atoms with E-state index in [1.807, 2.05) is 0 Å². The number of methoxy groups -OCH3 is 1. The van der Waals surface area contributed by atoms with Gasteiger partial charge in [-0.15, -0.1) is 5.10 Å². The van der Waals surface area contributed by atoms with Crippen LogP contribution in [0.4, 0.5) is 18.9 Å². The van der Waals surface area contributed by atoms with Crippen molar-refractivity contribution in [1.29, 1.82) is 0 Å². The summed E-state index contributed by atoms with van der Waals surface area (Å²) in [6, 6.07) is 0.781. The monoisotopic (exact) mass is 388 g/mol. The Morgan fingerprint density at radius 1 is 1.30 bits per heavy atom. The molecule has 0 unspecified atom stereocenters. The SMILES string of the molecule is CCOC(=O)c1ncn(-c2cc(C(=O)OC)c([N+](=O)[O-])cc2C(F)(F)F)n1. The van der Waals surface area contributed by atoms with Gasteiger partial charge in [-0.1, -0.05) is 0 Å². The maximum Gasteiger partial charge on any atom is 0.418 e. The zero-order valence-electron chi connectivity index (χ0n) is 13.8. The summed E-state index contributed by atoms with van der Waals surface area (Å²) in [4.78, 5) is 36.8. The molecular weight excluding hydrogens is 377 g/mol. The number of ether oxygens (including phenoxy) is 2. The molecule has 1 aromatic carbocycles. The van der Waals surface area contributed by atoms with Gasteiger partial charge in [-0.2, -0.15) is 13.2 Å². The molecule has 0 aliphatic carbocycles. The Balaban J connectivity index is 2.72. The van der Waals surface area contributed by atoms with Crippen LogP contribution in [0.25, 0.3) is 5.69 Å². The number of nitro benzene ring substituents is 1. The van der Waals surface area contributed by atoms with Crippen molar-refractivity contribution in [2.75, 3.05) is 13.7 Å². The summed E-state index contributed by atoms with van der Waals surface area (Å²) in [5.41, 5.74) is -4.03. The topological polar surface area (TPSA) is 126 Å². The van der Waals surface area contributed by atoms with Gasteiger partial charge in [0, 0.05) is 6.07 Å². The average molecular weight is 388 g/mol. The highest BCUT2D eigenvalue weighted by Gasteiger charge is 2.38. The highest BCUT2D eigenvalue weighted by molar-refractivity contribution is 5.95. The summed E-state index contributed by atoms with van der Waals surface area (Å²) in [5.74, 6) is -2.72. The molecule has 0 bridgehead atoms. The molecule has 0 aliphatic rings. The first-order valence-corrected chi connectivity index (χ1v) is 7.17. The van der Waals surface area contributed by atoms with Gasteiger partial charge < -0.3 is 9.47 Å². The molecule has 2 aromatic rings. The number of benzene rings is 1. The molecule has 2 rings (SSSR count). The smallest absolute Gasteiger partial charge is 0.418 e. The minimum Gasteiger partial charge on any atom is -0.465 e. The lowest BCUT2D eigenvalue weighted by atomic mass is 10.1. The second-order valence-electron chi connectivity index (χ2n) is 4.87. The third-order valence-corrected chi connectivity index (χ3v) is 3.22. The van der Waals surface area contributed by atoms with Crippen molar-refractivity contribution in [2.24, 2.45) is 0 Å². The van der Waals surface area contributed by atoms with E-state index in [2.05, 4.69) is 19.6 Å². The van der Waals surface area contributed by atoms with Crippen molar-refractivity contribution in [3.8, 4) is 5.69 Å². The van der Waals surface area contributed by atoms with Gasteiger partial charge in [-0.25, -0.2) is 19.3 Å². The minimum atomic E-state index is -5.02. The van der Waals surface area contributed by atoms with Crippen molar-refractivity contribution in [3.05, 3.63) is 45.5 Å². The van der Waals surface area contributed by atoms with Crippen LogP contribution in [-0.2, 0) is 15.7 Å². The van der Waals surface area contributed by atoms with E-state index in [1.165, 1.54) is 6.92 Å². The Bertz CT molecular complexity index is 909. The highest BCUT2D eigenvalue weighted by Crippen LogP contribution is 2.37. The Morgan fingerprint density at radius 2 is 1.96 bits per heavy atom. The standard InChI is InChI=1S/C14H11F3N4O6/c1-3-27-13(23)11-18-6-20(19-11)10-4-7(12(22)26-2)9(21(24)25)5-8(10)14(15,16)17/h4-6H,3H2,1-2H3. The molecule has 27 heavy (non-hydrogen) atoms. The minimum absolute atomic E-state index is 0.00874. The van der Waals surface area contributed by atoms with E-state index >= 15 is 0 Å². The fourth-order valence-corrected chi connectivity index (χ4v) is 2.09. The number of nitrogens with zero attached hydrogens (tertiary/aromatic N) is 4. The van der Waals surface area contributed by atoms with Crippen molar-refractivity contribution in [1.82, 2.24) is 14.8 Å². The lowest BCUT2D eigenvalue weighted by Gasteiger charge is -2.14. The summed E-state index contributed by atoms with van der Waals surface area (Å²) in [7, 11) is 0.914. The van der Waals surface area contributed by atoms with Crippen LogP contribution in [0.5, 0.6) is 0 Å². The quantitative estimate of drug-likeness (QED) is 0.433. The Hall–Kier alpha value is -3.51. The lowest BCUT2D eigenvalue weighted by Crippen LogP contribution is -2.16. The maximum atomic E-state index is 13.4. The molecule has 0 N–H and O–H groups in total. The van der Waals surface area contributed by atoms with Crippen molar-refractivity contribution < 1.29 is 37.2 Å². The fraction of sp³-hybridized carbons (Fsp3) is 0.286. The molecule has 1 heterocycles. The van der Waals surface area contributed by atoms with Crippen LogP contribution in [0.1, 0.15) is 33.5 Å². The van der Waals surface area contributed by atoms with Gasteiger partial charge in [-0.3, -0.25) is 10.1 Å². The van der Waals surface area contributed by atoms with Crippen molar-refractivity contribution >= 4 is 17.6 Å². The molecule has 0 amide bonds. The average Bonchev–Trinajstić information content (AvgIpc) is 3.09. The number of carbonyl (C=O) groups excluding carboxylic acids is 2. The Morgan fingerprint density at radius 3 is 2.48 bits per heavy atom. The van der Waals surface area contributed by atoms with E-state index in [0.29, 0.717) is 10.7 Å². The molecule has 0 fully saturated rings. The van der Waals surface area contributed by atoms with Crippen LogP contribution in [0.2, 0.25) is 0 Å². The van der Waals surface area contributed by atoms with E-state index in [-0.39, 0.29) is 12.7 Å². The second-order valence-corrected chi connectivity index (χ2v) is 4.87. The van der Waals surface area contributed by atoms with E-state index in [0.717, 1.165) is 13.4 Å². The van der Waals surface area contributed by atoms with E-state index in [4.69, 9.17) is 0 Å². The molecule has 10 nitrogen and oxygen atoms in total. The van der Waals surface area contributed by atoms with Gasteiger partial charge in [-0.05, 0) is 13.0 Å². The number of hydrogen-bond acceptors (Lipinski definition) is 8. The Labute approximate surface area is 148 Å². The second kappa shape index (κ2) is 7.39. The van der Waals surface area contributed by atoms with Crippen LogP contribution < -0.4 is 0 Å². The highest BCUT2D eigenvalue weighted by atomic mass is 19.4. The van der Waals surface area contributed by atoms with Gasteiger partial charge in [0.05, 0.1) is 29.9 Å². The first-order valence-electron chi connectivity index (χ1n) is 7.17. The number of nitro groups is 1. The summed E-state index contributed by atoms with van der Waals surface area (Å²) in [6.07, 6.45) is -4.24. The number of esters is 2. The number of alkyl halides is 3. The number of halogens is 3. The molecule has 144 valence electrons. The van der Waals surface area contributed by atoms with Gasteiger partial charge in [0.1, 0.15) is 11.9 Å². The van der Waals surface area contributed by atoms with Gasteiger partial charge in [0.2, 0.25) is 0 Å². The first-order chi connectivity index (χ1) is 12.6. The lowest BCUT2D eigenvalue weighted by molar-refractivity contribution is -0.385. The van der Waals surface area contributed by atoms with Crippen LogP contribution >= 0.6 is 0 Å². The number of rotatable bonds is 5. The largest absolute Gasteiger partial charge is 0.465 e. The molecule has 13 heteroatoms. The van der Waals surface area contributed by atoms with E-state index in [1.54, 1.807) is 0 Å². The summed E-state index contributed by atoms with van der Waals surface area (Å²) < 4.78 is 49.7. The molecule has 0 spiro atoms. The predicted octanol–water partition coefficient (Wildman–Crippen LogP) is 2.16. The third-order valence-electron chi connectivity index (χ3n) is 3.22. The van der Waals surface area contributed by atoms with E-state index < -0.39 is 51.4 Å². The van der Waals surface area contributed by atoms with Crippen LogP contribution in [0.3, 0.4) is 0 Å². The molecule has 0 saturated heterocycles. The number of aromatic nitrogens is 3. The van der Waals surface area contributed by atoms with Crippen molar-refractivity contribution in [2.45, 2.75) is 13.1 Å². The molecule has 0 aliphatic heterocycles. The summed E-state index contributed by atoms with van der Waals surface area (Å²) >= 11 is 0. The first kappa shape index (κ1) is 19.8. The molecule has 0 radical (unpaired) electrons. The predicted molar refractivity (Wildman–Crippen MR) is 80.3 cm³/mol. The molecule has 0 atom stereocenters. The van der Waals surface area contributed by atoms with Crippen LogP contribution in [0, 0.1) is 10.1 Å². The van der Waals surface area contributed by atoms with Crippen LogP contribution in [-0.4, -0.2) is 45.3 Å². The molecular formula is C14H11F3N4O6. The van der Waals surface area contributed by atoms with Gasteiger partial charge in [0.15, 0.2) is 0 Å². The zero-order chi connectivity index (χ0) is 20.4. The van der Waals surface area contributed by atoms with Crippen molar-refractivity contribution in [3.63, 3.8) is 0 Å². The fourth-order valence-electron chi connectivity index (χ4n) is 2.09. The van der Waals surface area contributed by atoms with Crippen LogP contribution in [0.15, 0.2) is 18.5 Å². The van der Waals surface area contributed by atoms with E-state index in [9.17, 15) is 32.9 Å². The normalized spacial score (nSPS) is 11.1. The summed E-state index contributed by atoms with van der Waals surface area (Å²) in [6.45, 7) is 1.50. The molecule has 1 aromatic heterocycles. The summed E-state index contributed by atoms with van der Waals surface area (Å²) in [5, 5.41) is 14.7.